The number of nitrogens with zero attached hydrogens (tertiary/aromatic N) is 1. The molecule has 2 heterocycles. The molecule has 1 fully saturated rings. The highest BCUT2D eigenvalue weighted by Gasteiger charge is 2.24. The van der Waals surface area contributed by atoms with Crippen LogP contribution in [0.1, 0.15) is 54.0 Å². The van der Waals surface area contributed by atoms with Crippen LogP contribution in [0.4, 0.5) is 0 Å². The maximum absolute atomic E-state index is 12.8. The Balaban J connectivity index is 1.71. The molecule has 1 saturated heterocycles. The predicted molar refractivity (Wildman–Crippen MR) is 114 cm³/mol. The van der Waals surface area contributed by atoms with E-state index >= 15 is 0 Å². The number of sulfonamides is 1. The monoisotopic (exact) mass is 406 g/mol. The van der Waals surface area contributed by atoms with Gasteiger partial charge in [0.25, 0.3) is 0 Å². The lowest BCUT2D eigenvalue weighted by Crippen LogP contribution is -2.38. The average Bonchev–Trinajstić information content (AvgIpc) is 3.01. The molecule has 0 amide bonds. The van der Waals surface area contributed by atoms with Crippen molar-refractivity contribution in [1.82, 2.24) is 9.62 Å². The molecule has 0 saturated carbocycles. The van der Waals surface area contributed by atoms with E-state index in [2.05, 4.69) is 26.4 Å². The van der Waals surface area contributed by atoms with Gasteiger partial charge >= 0.3 is 0 Å². The Bertz CT molecular complexity index is 824. The standard InChI is InChI=1S/C21H30N2O2S2/c1-17-7-8-18(2)20(13-17)16-27(24,25)22-14-21(19-9-12-26-15-19)23-10-5-3-4-6-11-23/h7-9,12-13,15,21-22H,3-6,10-11,14,16H2,1-2H3. The van der Waals surface area contributed by atoms with Gasteiger partial charge in [-0.1, -0.05) is 36.6 Å². The summed E-state index contributed by atoms with van der Waals surface area (Å²) >= 11 is 1.67. The van der Waals surface area contributed by atoms with Crippen molar-refractivity contribution in [2.24, 2.45) is 0 Å². The molecule has 1 N–H and O–H groups in total. The van der Waals surface area contributed by atoms with Crippen LogP contribution in [0.3, 0.4) is 0 Å². The molecule has 1 aromatic heterocycles. The smallest absolute Gasteiger partial charge is 0.215 e. The maximum atomic E-state index is 12.8. The fourth-order valence-electron chi connectivity index (χ4n) is 3.75. The van der Waals surface area contributed by atoms with E-state index in [4.69, 9.17) is 0 Å². The number of rotatable bonds is 7. The molecule has 0 aliphatic carbocycles. The van der Waals surface area contributed by atoms with Gasteiger partial charge in [-0.2, -0.15) is 11.3 Å². The second kappa shape index (κ2) is 9.32. The molecule has 1 atom stereocenters. The minimum absolute atomic E-state index is 0.0386. The Morgan fingerprint density at radius 1 is 1.11 bits per heavy atom. The van der Waals surface area contributed by atoms with Gasteiger partial charge in [0.15, 0.2) is 0 Å². The summed E-state index contributed by atoms with van der Waals surface area (Å²) in [6.45, 7) is 6.48. The molecule has 1 aromatic carbocycles. The van der Waals surface area contributed by atoms with Crippen LogP contribution in [-0.2, 0) is 15.8 Å². The number of nitrogens with one attached hydrogen (secondary N) is 1. The van der Waals surface area contributed by atoms with Crippen molar-refractivity contribution < 1.29 is 8.42 Å². The molecule has 1 aliphatic heterocycles. The molecule has 0 bridgehead atoms. The second-order valence-electron chi connectivity index (χ2n) is 7.56. The first-order valence-corrected chi connectivity index (χ1v) is 12.3. The number of hydrogen-bond acceptors (Lipinski definition) is 4. The number of aryl methyl sites for hydroxylation is 2. The molecule has 6 heteroatoms. The molecular weight excluding hydrogens is 376 g/mol. The SMILES string of the molecule is Cc1ccc(C)c(CS(=O)(=O)NCC(c2ccsc2)N2CCCCCC2)c1. The van der Waals surface area contributed by atoms with Crippen molar-refractivity contribution in [2.45, 2.75) is 51.3 Å². The summed E-state index contributed by atoms with van der Waals surface area (Å²) in [6, 6.07) is 8.22. The van der Waals surface area contributed by atoms with Gasteiger partial charge in [0.1, 0.15) is 0 Å². The number of likely N-dealkylation sites (tertiary alicyclic amines) is 1. The van der Waals surface area contributed by atoms with Crippen molar-refractivity contribution >= 4 is 21.4 Å². The molecule has 148 valence electrons. The summed E-state index contributed by atoms with van der Waals surface area (Å²) in [5.41, 5.74) is 4.21. The lowest BCUT2D eigenvalue weighted by atomic mass is 10.1. The summed E-state index contributed by atoms with van der Waals surface area (Å²) in [4.78, 5) is 2.45. The second-order valence-corrected chi connectivity index (χ2v) is 10.1. The van der Waals surface area contributed by atoms with Crippen LogP contribution >= 0.6 is 11.3 Å². The average molecular weight is 407 g/mol. The number of benzene rings is 1. The van der Waals surface area contributed by atoms with Gasteiger partial charge in [0.05, 0.1) is 5.75 Å². The van der Waals surface area contributed by atoms with Crippen LogP contribution < -0.4 is 4.72 Å². The Labute approximate surface area is 167 Å². The predicted octanol–water partition coefficient (Wildman–Crippen LogP) is 4.40. The first kappa shape index (κ1) is 20.5. The highest BCUT2D eigenvalue weighted by molar-refractivity contribution is 7.88. The van der Waals surface area contributed by atoms with Gasteiger partial charge in [-0.3, -0.25) is 4.90 Å². The quantitative estimate of drug-likeness (QED) is 0.741. The molecule has 4 nitrogen and oxygen atoms in total. The lowest BCUT2D eigenvalue weighted by molar-refractivity contribution is 0.206. The first-order chi connectivity index (χ1) is 12.9. The molecule has 0 radical (unpaired) electrons. The summed E-state index contributed by atoms with van der Waals surface area (Å²) in [6.07, 6.45) is 4.92. The van der Waals surface area contributed by atoms with E-state index in [1.165, 1.54) is 31.2 Å². The largest absolute Gasteiger partial charge is 0.295 e. The Kier molecular flexibility index (Phi) is 7.09. The van der Waals surface area contributed by atoms with Crippen LogP contribution in [-0.4, -0.2) is 33.0 Å². The highest BCUT2D eigenvalue weighted by Crippen LogP contribution is 2.26. The third-order valence-electron chi connectivity index (χ3n) is 5.36. The van der Waals surface area contributed by atoms with Crippen LogP contribution in [0.5, 0.6) is 0 Å². The van der Waals surface area contributed by atoms with E-state index in [1.807, 2.05) is 32.0 Å². The van der Waals surface area contributed by atoms with E-state index < -0.39 is 10.0 Å². The van der Waals surface area contributed by atoms with E-state index in [-0.39, 0.29) is 11.8 Å². The molecule has 27 heavy (non-hydrogen) atoms. The zero-order valence-electron chi connectivity index (χ0n) is 16.3. The molecular formula is C21H30N2O2S2. The van der Waals surface area contributed by atoms with Crippen molar-refractivity contribution in [3.63, 3.8) is 0 Å². The molecule has 3 rings (SSSR count). The van der Waals surface area contributed by atoms with Crippen molar-refractivity contribution in [2.75, 3.05) is 19.6 Å². The third kappa shape index (κ3) is 5.88. The van der Waals surface area contributed by atoms with Gasteiger partial charge in [-0.05, 0) is 73.3 Å². The van der Waals surface area contributed by atoms with Crippen LogP contribution in [0.15, 0.2) is 35.0 Å². The summed E-state index contributed by atoms with van der Waals surface area (Å²) in [7, 11) is -3.38. The Hall–Kier alpha value is -1.21. The molecule has 1 unspecified atom stereocenters. The van der Waals surface area contributed by atoms with Crippen molar-refractivity contribution in [1.29, 1.82) is 0 Å². The van der Waals surface area contributed by atoms with Crippen LogP contribution in [0.25, 0.3) is 0 Å². The van der Waals surface area contributed by atoms with Gasteiger partial charge < -0.3 is 0 Å². The summed E-state index contributed by atoms with van der Waals surface area (Å²) < 4.78 is 28.4. The zero-order chi connectivity index (χ0) is 19.3. The normalized spacial score (nSPS) is 17.6. The lowest BCUT2D eigenvalue weighted by Gasteiger charge is -2.30. The van der Waals surface area contributed by atoms with E-state index in [9.17, 15) is 8.42 Å². The Morgan fingerprint density at radius 2 is 1.85 bits per heavy atom. The third-order valence-corrected chi connectivity index (χ3v) is 7.36. The zero-order valence-corrected chi connectivity index (χ0v) is 17.9. The van der Waals surface area contributed by atoms with Gasteiger partial charge in [0, 0.05) is 12.6 Å². The van der Waals surface area contributed by atoms with Crippen molar-refractivity contribution in [3.8, 4) is 0 Å². The topological polar surface area (TPSA) is 49.4 Å². The van der Waals surface area contributed by atoms with E-state index in [0.717, 1.165) is 29.8 Å². The van der Waals surface area contributed by atoms with E-state index in [0.29, 0.717) is 6.54 Å². The van der Waals surface area contributed by atoms with Gasteiger partial charge in [0.2, 0.25) is 10.0 Å². The van der Waals surface area contributed by atoms with Crippen molar-refractivity contribution in [3.05, 3.63) is 57.3 Å². The fraction of sp³-hybridized carbons (Fsp3) is 0.524. The minimum Gasteiger partial charge on any atom is -0.295 e. The summed E-state index contributed by atoms with van der Waals surface area (Å²) in [5.74, 6) is 0.0386. The Morgan fingerprint density at radius 3 is 2.52 bits per heavy atom. The van der Waals surface area contributed by atoms with Crippen LogP contribution in [0.2, 0.25) is 0 Å². The molecule has 2 aromatic rings. The maximum Gasteiger partial charge on any atom is 0.215 e. The minimum atomic E-state index is -3.38. The van der Waals surface area contributed by atoms with E-state index in [1.54, 1.807) is 11.3 Å². The molecule has 1 aliphatic rings. The number of hydrogen-bond donors (Lipinski definition) is 1. The van der Waals surface area contributed by atoms with Crippen LogP contribution in [0, 0.1) is 13.8 Å². The fourth-order valence-corrected chi connectivity index (χ4v) is 5.69. The highest BCUT2D eigenvalue weighted by atomic mass is 32.2. The van der Waals surface area contributed by atoms with Gasteiger partial charge in [-0.25, -0.2) is 13.1 Å². The number of thiophene rings is 1. The van der Waals surface area contributed by atoms with Gasteiger partial charge in [-0.15, -0.1) is 0 Å². The molecule has 0 spiro atoms. The first-order valence-electron chi connectivity index (χ1n) is 9.74. The summed E-state index contributed by atoms with van der Waals surface area (Å²) in [5, 5.41) is 4.22.